The van der Waals surface area contributed by atoms with E-state index < -0.39 is 11.6 Å². The third-order valence-electron chi connectivity index (χ3n) is 5.01. The van der Waals surface area contributed by atoms with E-state index in [1.807, 2.05) is 11.8 Å². The lowest BCUT2D eigenvalue weighted by Gasteiger charge is -2.40. The van der Waals surface area contributed by atoms with E-state index in [0.717, 1.165) is 40.1 Å². The number of carbonyl (C=O) groups excluding carboxylic acids is 1. The molecule has 0 atom stereocenters. The maximum atomic E-state index is 13.9. The van der Waals surface area contributed by atoms with Crippen LogP contribution >= 0.6 is 23.3 Å². The summed E-state index contributed by atoms with van der Waals surface area (Å²) in [4.78, 5) is 25.1. The molecule has 1 aliphatic heterocycles. The molecule has 1 amide bonds. The van der Waals surface area contributed by atoms with Gasteiger partial charge in [-0.2, -0.15) is 0 Å². The number of hydrogen-bond donors (Lipinski definition) is 1. The van der Waals surface area contributed by atoms with Crippen LogP contribution in [-0.2, 0) is 4.79 Å². The number of carbonyl (C=O) groups is 1. The minimum absolute atomic E-state index is 0.00739. The Kier molecular flexibility index (Phi) is 5.72. The SMILES string of the molecule is Cc1nc(N(C)C(=O)C2CN(c3ccc(-c4cc(F)ccc4F)cn3)C2)sc1SN. The number of halogens is 2. The summed E-state index contributed by atoms with van der Waals surface area (Å²) in [5, 5.41) is 6.24. The number of benzene rings is 1. The van der Waals surface area contributed by atoms with Crippen LogP contribution in [-0.4, -0.2) is 36.0 Å². The molecule has 2 aromatic heterocycles. The van der Waals surface area contributed by atoms with Crippen LogP contribution in [0.2, 0.25) is 0 Å². The molecule has 1 aliphatic rings. The van der Waals surface area contributed by atoms with Crippen molar-refractivity contribution in [3.8, 4) is 11.1 Å². The summed E-state index contributed by atoms with van der Waals surface area (Å²) in [6.45, 7) is 2.93. The van der Waals surface area contributed by atoms with Gasteiger partial charge in [0, 0.05) is 37.5 Å². The summed E-state index contributed by atoms with van der Waals surface area (Å²) < 4.78 is 28.2. The Balaban J connectivity index is 1.40. The average molecular weight is 448 g/mol. The van der Waals surface area contributed by atoms with Crippen molar-refractivity contribution in [2.45, 2.75) is 11.1 Å². The lowest BCUT2D eigenvalue weighted by molar-refractivity contribution is -0.122. The summed E-state index contributed by atoms with van der Waals surface area (Å²) >= 11 is 2.52. The standard InChI is InChI=1S/C20H19F2N5OS2/c1-11-19(30-23)29-20(25-11)26(2)18(28)13-9-27(10-13)17-6-3-12(8-24-17)15-7-14(21)4-5-16(15)22/h3-8,13H,9-10,23H2,1-2H3. The van der Waals surface area contributed by atoms with Gasteiger partial charge in [-0.3, -0.25) is 14.8 Å². The van der Waals surface area contributed by atoms with Crippen LogP contribution in [0.1, 0.15) is 5.69 Å². The molecule has 0 bridgehead atoms. The van der Waals surface area contributed by atoms with Gasteiger partial charge in [0.1, 0.15) is 17.5 Å². The minimum atomic E-state index is -0.503. The smallest absolute Gasteiger partial charge is 0.235 e. The van der Waals surface area contributed by atoms with E-state index in [1.165, 1.54) is 17.5 Å². The van der Waals surface area contributed by atoms with Crippen LogP contribution in [0, 0.1) is 24.5 Å². The number of aromatic nitrogens is 2. The second-order valence-corrected chi connectivity index (χ2v) is 8.90. The third kappa shape index (κ3) is 3.90. The molecule has 0 spiro atoms. The average Bonchev–Trinajstić information content (AvgIpc) is 3.09. The van der Waals surface area contributed by atoms with E-state index in [1.54, 1.807) is 24.1 Å². The van der Waals surface area contributed by atoms with E-state index in [9.17, 15) is 13.6 Å². The van der Waals surface area contributed by atoms with Gasteiger partial charge in [0.2, 0.25) is 5.91 Å². The number of anilines is 2. The van der Waals surface area contributed by atoms with Crippen LogP contribution in [0.15, 0.2) is 40.7 Å². The molecule has 0 radical (unpaired) electrons. The van der Waals surface area contributed by atoms with Crippen molar-refractivity contribution in [1.29, 1.82) is 0 Å². The normalized spacial score (nSPS) is 14.0. The molecule has 0 saturated carbocycles. The summed E-state index contributed by atoms with van der Waals surface area (Å²) in [6.07, 6.45) is 1.51. The first-order chi connectivity index (χ1) is 14.4. The Labute approximate surface area is 180 Å². The number of aryl methyl sites for hydroxylation is 1. The van der Waals surface area contributed by atoms with Crippen molar-refractivity contribution < 1.29 is 13.6 Å². The number of thiazole rings is 1. The molecule has 3 aromatic rings. The molecule has 6 nitrogen and oxygen atoms in total. The van der Waals surface area contributed by atoms with Crippen LogP contribution in [0.25, 0.3) is 11.1 Å². The molecule has 0 aliphatic carbocycles. The molecular formula is C20H19F2N5OS2. The summed E-state index contributed by atoms with van der Waals surface area (Å²) in [5.74, 6) is -0.481. The van der Waals surface area contributed by atoms with E-state index in [2.05, 4.69) is 9.97 Å². The maximum Gasteiger partial charge on any atom is 0.235 e. The second-order valence-electron chi connectivity index (χ2n) is 7.02. The first-order valence-electron chi connectivity index (χ1n) is 9.15. The highest BCUT2D eigenvalue weighted by Gasteiger charge is 2.36. The van der Waals surface area contributed by atoms with Gasteiger partial charge in [0.25, 0.3) is 0 Å². The largest absolute Gasteiger partial charge is 0.355 e. The molecule has 156 valence electrons. The van der Waals surface area contributed by atoms with Gasteiger partial charge in [-0.05, 0) is 49.2 Å². The first-order valence-corrected chi connectivity index (χ1v) is 10.8. The van der Waals surface area contributed by atoms with Gasteiger partial charge in [-0.25, -0.2) is 18.7 Å². The van der Waals surface area contributed by atoms with Gasteiger partial charge >= 0.3 is 0 Å². The summed E-state index contributed by atoms with van der Waals surface area (Å²) in [5.41, 5.74) is 1.48. The molecule has 2 N–H and O–H groups in total. The fourth-order valence-electron chi connectivity index (χ4n) is 3.26. The zero-order valence-corrected chi connectivity index (χ0v) is 17.9. The number of pyridine rings is 1. The van der Waals surface area contributed by atoms with Crippen molar-refractivity contribution in [3.05, 3.63) is 53.9 Å². The van der Waals surface area contributed by atoms with E-state index >= 15 is 0 Å². The highest BCUT2D eigenvalue weighted by atomic mass is 32.2. The number of nitrogens with two attached hydrogens (primary N) is 1. The molecule has 4 rings (SSSR count). The van der Waals surface area contributed by atoms with Gasteiger partial charge in [-0.1, -0.05) is 11.3 Å². The third-order valence-corrected chi connectivity index (χ3v) is 7.09. The van der Waals surface area contributed by atoms with Crippen molar-refractivity contribution in [2.75, 3.05) is 29.9 Å². The Morgan fingerprint density at radius 2 is 2.07 bits per heavy atom. The molecule has 1 fully saturated rings. The van der Waals surface area contributed by atoms with Crippen molar-refractivity contribution in [1.82, 2.24) is 9.97 Å². The van der Waals surface area contributed by atoms with Crippen molar-refractivity contribution in [3.63, 3.8) is 0 Å². The Hall–Kier alpha value is -2.56. The molecule has 0 unspecified atom stereocenters. The molecule has 1 aromatic carbocycles. The quantitative estimate of drug-likeness (QED) is 0.599. The Bertz CT molecular complexity index is 1080. The first kappa shape index (κ1) is 20.7. The fraction of sp³-hybridized carbons (Fsp3) is 0.250. The van der Waals surface area contributed by atoms with Crippen molar-refractivity contribution >= 4 is 40.1 Å². The zero-order valence-electron chi connectivity index (χ0n) is 16.3. The molecule has 30 heavy (non-hydrogen) atoms. The monoisotopic (exact) mass is 447 g/mol. The highest BCUT2D eigenvalue weighted by Crippen LogP contribution is 2.33. The Morgan fingerprint density at radius 3 is 2.70 bits per heavy atom. The number of rotatable bonds is 5. The minimum Gasteiger partial charge on any atom is -0.355 e. The van der Waals surface area contributed by atoms with Crippen LogP contribution in [0.3, 0.4) is 0 Å². The lowest BCUT2D eigenvalue weighted by Crippen LogP contribution is -2.54. The van der Waals surface area contributed by atoms with Crippen LogP contribution < -0.4 is 14.9 Å². The lowest BCUT2D eigenvalue weighted by atomic mass is 9.98. The van der Waals surface area contributed by atoms with E-state index in [0.29, 0.717) is 29.6 Å². The fourth-order valence-corrected chi connectivity index (χ4v) is 4.66. The topological polar surface area (TPSA) is 75.4 Å². The number of hydrogen-bond acceptors (Lipinski definition) is 7. The molecule has 10 heteroatoms. The van der Waals surface area contributed by atoms with Gasteiger partial charge in [0.05, 0.1) is 15.8 Å². The highest BCUT2D eigenvalue weighted by molar-refractivity contribution is 7.99. The van der Waals surface area contributed by atoms with E-state index in [-0.39, 0.29) is 17.4 Å². The van der Waals surface area contributed by atoms with Gasteiger partial charge in [0.15, 0.2) is 5.13 Å². The van der Waals surface area contributed by atoms with Gasteiger partial charge < -0.3 is 4.90 Å². The molecular weight excluding hydrogens is 428 g/mol. The second kappa shape index (κ2) is 8.29. The Morgan fingerprint density at radius 1 is 1.30 bits per heavy atom. The molecule has 1 saturated heterocycles. The number of nitrogens with zero attached hydrogens (tertiary/aromatic N) is 4. The summed E-state index contributed by atoms with van der Waals surface area (Å²) in [6, 6.07) is 6.78. The van der Waals surface area contributed by atoms with Gasteiger partial charge in [-0.15, -0.1) is 0 Å². The predicted octanol–water partition coefficient (Wildman–Crippen LogP) is 3.86. The summed E-state index contributed by atoms with van der Waals surface area (Å²) in [7, 11) is 1.72. The zero-order chi connectivity index (χ0) is 21.4. The van der Waals surface area contributed by atoms with Crippen LogP contribution in [0.4, 0.5) is 19.7 Å². The molecule has 3 heterocycles. The van der Waals surface area contributed by atoms with Crippen molar-refractivity contribution in [2.24, 2.45) is 11.1 Å². The number of amides is 1. The van der Waals surface area contributed by atoms with Crippen LogP contribution in [0.5, 0.6) is 0 Å². The predicted molar refractivity (Wildman–Crippen MR) is 116 cm³/mol. The maximum absolute atomic E-state index is 13.9. The van der Waals surface area contributed by atoms with E-state index in [4.69, 9.17) is 5.14 Å².